The first-order valence-electron chi connectivity index (χ1n) is 7.75. The molecule has 0 bridgehead atoms. The van der Waals surface area contributed by atoms with Gasteiger partial charge in [-0.1, -0.05) is 23.2 Å². The van der Waals surface area contributed by atoms with E-state index in [1.807, 2.05) is 17.7 Å². The second kappa shape index (κ2) is 10.1. The van der Waals surface area contributed by atoms with E-state index >= 15 is 0 Å². The van der Waals surface area contributed by atoms with Crippen LogP contribution < -0.4 is 10.6 Å². The number of nitrogens with zero attached hydrogens (tertiary/aromatic N) is 4. The summed E-state index contributed by atoms with van der Waals surface area (Å²) in [5.41, 5.74) is 1.01. The molecule has 0 aromatic carbocycles. The maximum Gasteiger partial charge on any atom is 0.191 e. The maximum absolute atomic E-state index is 6.09. The summed E-state index contributed by atoms with van der Waals surface area (Å²) in [6.07, 6.45) is 0. The number of aromatic nitrogens is 1. The summed E-state index contributed by atoms with van der Waals surface area (Å²) < 4.78 is 1.87. The van der Waals surface area contributed by atoms with Gasteiger partial charge in [0.05, 0.1) is 11.6 Å². The molecule has 0 radical (unpaired) electrons. The number of aliphatic imine (C=N–C) groups is 1. The van der Waals surface area contributed by atoms with Crippen molar-refractivity contribution in [2.45, 2.75) is 12.6 Å². The molecule has 24 heavy (non-hydrogen) atoms. The summed E-state index contributed by atoms with van der Waals surface area (Å²) in [5.74, 6) is 0.778. The van der Waals surface area contributed by atoms with Crippen LogP contribution in [0.3, 0.4) is 0 Å². The minimum Gasteiger partial charge on any atom is -0.355 e. The third-order valence-corrected chi connectivity index (χ3v) is 5.20. The number of halogens is 3. The van der Waals surface area contributed by atoms with Gasteiger partial charge in [-0.25, -0.2) is 0 Å². The molecule has 1 aliphatic heterocycles. The van der Waals surface area contributed by atoms with Gasteiger partial charge >= 0.3 is 0 Å². The van der Waals surface area contributed by atoms with Crippen LogP contribution in [0.15, 0.2) is 11.1 Å². The van der Waals surface area contributed by atoms with Crippen molar-refractivity contribution in [1.29, 1.82) is 0 Å². The smallest absolute Gasteiger partial charge is 0.191 e. The zero-order valence-electron chi connectivity index (χ0n) is 14.6. The van der Waals surface area contributed by atoms with E-state index in [0.29, 0.717) is 22.8 Å². The van der Waals surface area contributed by atoms with Crippen molar-refractivity contribution < 1.29 is 0 Å². The molecule has 1 saturated heterocycles. The Bertz CT molecular complexity index is 562. The van der Waals surface area contributed by atoms with Gasteiger partial charge < -0.3 is 20.1 Å². The van der Waals surface area contributed by atoms with Gasteiger partial charge in [0, 0.05) is 52.0 Å². The molecule has 1 aromatic rings. The predicted molar refractivity (Wildman–Crippen MR) is 113 cm³/mol. The Morgan fingerprint density at radius 2 is 1.96 bits per heavy atom. The normalized spacial score (nSPS) is 19.9. The summed E-state index contributed by atoms with van der Waals surface area (Å²) >= 11 is 12.1. The van der Waals surface area contributed by atoms with E-state index in [-0.39, 0.29) is 24.0 Å². The topological polar surface area (TPSA) is 47.8 Å². The largest absolute Gasteiger partial charge is 0.355 e. The van der Waals surface area contributed by atoms with Crippen molar-refractivity contribution in [2.24, 2.45) is 12.0 Å². The van der Waals surface area contributed by atoms with Gasteiger partial charge in [-0.3, -0.25) is 9.89 Å². The zero-order chi connectivity index (χ0) is 17.0. The van der Waals surface area contributed by atoms with Crippen molar-refractivity contribution in [3.8, 4) is 0 Å². The molecule has 2 N–H and O–H groups in total. The molecule has 9 heteroatoms. The standard InChI is InChI=1S/C15H26Cl2N6.HI/c1-18-15(19-8-11-7-13(16)14(17)23(11)4)20-9-12-10-21(2)5-6-22(12)3;/h7,12H,5-6,8-10H2,1-4H3,(H2,18,19,20);1H. The van der Waals surface area contributed by atoms with E-state index in [9.17, 15) is 0 Å². The Kier molecular flexibility index (Phi) is 9.14. The second-order valence-corrected chi connectivity index (χ2v) is 6.80. The fraction of sp³-hybridized carbons (Fsp3) is 0.667. The molecule has 1 fully saturated rings. The zero-order valence-corrected chi connectivity index (χ0v) is 18.5. The minimum atomic E-state index is 0. The molecule has 1 unspecified atom stereocenters. The fourth-order valence-electron chi connectivity index (χ4n) is 2.69. The quantitative estimate of drug-likeness (QED) is 0.386. The van der Waals surface area contributed by atoms with Crippen LogP contribution in [0.25, 0.3) is 0 Å². The third kappa shape index (κ3) is 5.66. The van der Waals surface area contributed by atoms with Crippen LogP contribution >= 0.6 is 47.2 Å². The van der Waals surface area contributed by atoms with Crippen molar-refractivity contribution in [3.63, 3.8) is 0 Å². The van der Waals surface area contributed by atoms with Gasteiger partial charge in [0.15, 0.2) is 5.96 Å². The van der Waals surface area contributed by atoms with Gasteiger partial charge in [-0.05, 0) is 20.2 Å². The molecule has 1 aliphatic rings. The minimum absolute atomic E-state index is 0. The molecule has 1 atom stereocenters. The highest BCUT2D eigenvalue weighted by atomic mass is 127. The van der Waals surface area contributed by atoms with Gasteiger partial charge in [0.2, 0.25) is 0 Å². The number of guanidine groups is 1. The van der Waals surface area contributed by atoms with Gasteiger partial charge in [-0.15, -0.1) is 24.0 Å². The number of rotatable bonds is 4. The highest BCUT2D eigenvalue weighted by molar-refractivity contribution is 14.0. The summed E-state index contributed by atoms with van der Waals surface area (Å²) in [4.78, 5) is 9.02. The lowest BCUT2D eigenvalue weighted by Gasteiger charge is -2.37. The molecule has 1 aromatic heterocycles. The van der Waals surface area contributed by atoms with Crippen molar-refractivity contribution >= 4 is 53.1 Å². The Labute approximate surface area is 171 Å². The van der Waals surface area contributed by atoms with Gasteiger partial charge in [-0.2, -0.15) is 0 Å². The van der Waals surface area contributed by atoms with E-state index in [4.69, 9.17) is 23.2 Å². The first kappa shape index (κ1) is 21.8. The van der Waals surface area contributed by atoms with Crippen LogP contribution in [-0.4, -0.2) is 73.7 Å². The predicted octanol–water partition coefficient (Wildman–Crippen LogP) is 1.86. The highest BCUT2D eigenvalue weighted by Crippen LogP contribution is 2.24. The third-order valence-electron chi connectivity index (χ3n) is 4.36. The van der Waals surface area contributed by atoms with E-state index < -0.39 is 0 Å². The lowest BCUT2D eigenvalue weighted by Crippen LogP contribution is -2.55. The van der Waals surface area contributed by atoms with Crippen LogP contribution in [0.2, 0.25) is 10.2 Å². The SMILES string of the molecule is CN=C(NCc1cc(Cl)c(Cl)n1C)NCC1CN(C)CCN1C.I. The Morgan fingerprint density at radius 3 is 2.54 bits per heavy atom. The van der Waals surface area contributed by atoms with Gasteiger partial charge in [0.1, 0.15) is 5.15 Å². The lowest BCUT2D eigenvalue weighted by molar-refractivity contribution is 0.116. The molecular weight excluding hydrogens is 462 g/mol. The second-order valence-electron chi connectivity index (χ2n) is 6.04. The summed E-state index contributed by atoms with van der Waals surface area (Å²) in [6, 6.07) is 2.35. The van der Waals surface area contributed by atoms with Crippen molar-refractivity contribution in [1.82, 2.24) is 25.0 Å². The molecule has 2 rings (SSSR count). The molecule has 0 saturated carbocycles. The van der Waals surface area contributed by atoms with E-state index in [2.05, 4.69) is 39.5 Å². The summed E-state index contributed by atoms with van der Waals surface area (Å²) in [7, 11) is 8.00. The number of piperazine rings is 1. The average molecular weight is 489 g/mol. The van der Waals surface area contributed by atoms with Crippen LogP contribution in [0.4, 0.5) is 0 Å². The van der Waals surface area contributed by atoms with Crippen LogP contribution in [0.1, 0.15) is 5.69 Å². The van der Waals surface area contributed by atoms with E-state index in [1.165, 1.54) is 0 Å². The average Bonchev–Trinajstić information content (AvgIpc) is 2.78. The molecule has 6 nitrogen and oxygen atoms in total. The maximum atomic E-state index is 6.09. The molecule has 0 spiro atoms. The van der Waals surface area contributed by atoms with E-state index in [0.717, 1.165) is 37.8 Å². The summed E-state index contributed by atoms with van der Waals surface area (Å²) in [6.45, 7) is 4.74. The molecule has 138 valence electrons. The number of nitrogens with one attached hydrogen (secondary N) is 2. The monoisotopic (exact) mass is 488 g/mol. The number of hydrogen-bond donors (Lipinski definition) is 2. The lowest BCUT2D eigenvalue weighted by atomic mass is 10.2. The molecule has 0 aliphatic carbocycles. The number of likely N-dealkylation sites (N-methyl/N-ethyl adjacent to an activating group) is 2. The molecule has 2 heterocycles. The van der Waals surface area contributed by atoms with Crippen molar-refractivity contribution in [2.75, 3.05) is 47.3 Å². The molecular formula is C15H27Cl2IN6. The highest BCUT2D eigenvalue weighted by Gasteiger charge is 2.22. The van der Waals surface area contributed by atoms with Crippen LogP contribution in [0.5, 0.6) is 0 Å². The van der Waals surface area contributed by atoms with Gasteiger partial charge in [0.25, 0.3) is 0 Å². The Morgan fingerprint density at radius 1 is 1.25 bits per heavy atom. The summed E-state index contributed by atoms with van der Waals surface area (Å²) in [5, 5.41) is 7.82. The van der Waals surface area contributed by atoms with E-state index in [1.54, 1.807) is 7.05 Å². The first-order valence-corrected chi connectivity index (χ1v) is 8.50. The van der Waals surface area contributed by atoms with Crippen LogP contribution in [0, 0.1) is 0 Å². The van der Waals surface area contributed by atoms with Crippen molar-refractivity contribution in [3.05, 3.63) is 21.9 Å². The van der Waals surface area contributed by atoms with Crippen LogP contribution in [-0.2, 0) is 13.6 Å². The first-order chi connectivity index (χ1) is 10.9. The Hall–Kier alpha value is -0.220. The molecule has 0 amide bonds. The number of hydrogen-bond acceptors (Lipinski definition) is 3. The Balaban J connectivity index is 0.00000288. The fourth-order valence-corrected chi connectivity index (χ4v) is 3.11.